The predicted molar refractivity (Wildman–Crippen MR) is 92.1 cm³/mol. The molecule has 2 aromatic rings. The lowest BCUT2D eigenvalue weighted by Gasteiger charge is -2.19. The van der Waals surface area contributed by atoms with Crippen molar-refractivity contribution in [2.24, 2.45) is 0 Å². The van der Waals surface area contributed by atoms with Gasteiger partial charge in [0.25, 0.3) is 0 Å². The number of rotatable bonds is 4. The first-order valence-corrected chi connectivity index (χ1v) is 8.25. The van der Waals surface area contributed by atoms with Crippen LogP contribution in [0.1, 0.15) is 23.5 Å². The van der Waals surface area contributed by atoms with Crippen LogP contribution in [0.2, 0.25) is 0 Å². The summed E-state index contributed by atoms with van der Waals surface area (Å²) in [5, 5.41) is 15.1. The van der Waals surface area contributed by atoms with E-state index in [1.165, 1.54) is 11.3 Å². The van der Waals surface area contributed by atoms with E-state index in [0.29, 0.717) is 17.0 Å². The molecule has 23 heavy (non-hydrogen) atoms. The molecule has 5 nitrogen and oxygen atoms in total. The molecule has 1 aliphatic heterocycles. The van der Waals surface area contributed by atoms with Gasteiger partial charge in [0.1, 0.15) is 16.6 Å². The number of amides is 1. The lowest BCUT2D eigenvalue weighted by atomic mass is 10.2. The topological polar surface area (TPSA) is 69.0 Å². The zero-order valence-corrected chi connectivity index (χ0v) is 13.6. The molecule has 0 atom stereocenters. The standard InChI is InChI=1S/C17H16N4OS/c1-12-11-23-17(20-12)13(9-18)10-19-14-5-2-3-6-15(14)21-8-4-7-16(21)22/h2-3,5-6,10-11,19H,4,7-8H2,1H3/b13-10+. The number of nitrogens with zero attached hydrogens (tertiary/aromatic N) is 3. The molecule has 1 amide bonds. The van der Waals surface area contributed by atoms with Gasteiger partial charge in [0.2, 0.25) is 5.91 Å². The number of para-hydroxylation sites is 2. The Hall–Kier alpha value is -2.65. The summed E-state index contributed by atoms with van der Waals surface area (Å²) in [6.07, 6.45) is 3.12. The Labute approximate surface area is 138 Å². The number of aryl methyl sites for hydroxylation is 1. The van der Waals surface area contributed by atoms with Gasteiger partial charge in [0.05, 0.1) is 11.4 Å². The van der Waals surface area contributed by atoms with Crippen molar-refractivity contribution < 1.29 is 4.79 Å². The molecule has 0 bridgehead atoms. The summed E-state index contributed by atoms with van der Waals surface area (Å²) >= 11 is 1.44. The van der Waals surface area contributed by atoms with E-state index >= 15 is 0 Å². The Morgan fingerprint density at radius 2 is 2.30 bits per heavy atom. The van der Waals surface area contributed by atoms with Gasteiger partial charge in [-0.3, -0.25) is 4.79 Å². The van der Waals surface area contributed by atoms with Crippen LogP contribution in [0, 0.1) is 18.3 Å². The number of benzene rings is 1. The Balaban J connectivity index is 1.87. The second kappa shape index (κ2) is 6.63. The van der Waals surface area contributed by atoms with Crippen LogP contribution >= 0.6 is 11.3 Å². The van der Waals surface area contributed by atoms with Crippen molar-refractivity contribution in [2.75, 3.05) is 16.8 Å². The quantitative estimate of drug-likeness (QED) is 0.873. The number of hydrogen-bond acceptors (Lipinski definition) is 5. The van der Waals surface area contributed by atoms with E-state index in [9.17, 15) is 10.1 Å². The number of allylic oxidation sites excluding steroid dienone is 1. The van der Waals surface area contributed by atoms with Crippen molar-refractivity contribution in [3.05, 3.63) is 46.5 Å². The lowest BCUT2D eigenvalue weighted by molar-refractivity contribution is -0.117. The maximum Gasteiger partial charge on any atom is 0.227 e. The summed E-state index contributed by atoms with van der Waals surface area (Å²) in [5.41, 5.74) is 3.03. The van der Waals surface area contributed by atoms with Crippen molar-refractivity contribution in [1.82, 2.24) is 4.98 Å². The Morgan fingerprint density at radius 3 is 2.96 bits per heavy atom. The van der Waals surface area contributed by atoms with Gasteiger partial charge in [-0.15, -0.1) is 11.3 Å². The molecule has 1 aliphatic rings. The normalized spacial score (nSPS) is 14.9. The molecule has 3 rings (SSSR count). The Bertz CT molecular complexity index is 803. The number of carbonyl (C=O) groups excluding carboxylic acids is 1. The third kappa shape index (κ3) is 3.25. The monoisotopic (exact) mass is 324 g/mol. The number of carbonyl (C=O) groups is 1. The van der Waals surface area contributed by atoms with Gasteiger partial charge in [-0.05, 0) is 25.5 Å². The molecule has 1 fully saturated rings. The van der Waals surface area contributed by atoms with Gasteiger partial charge in [-0.2, -0.15) is 5.26 Å². The summed E-state index contributed by atoms with van der Waals surface area (Å²) in [6.45, 7) is 2.63. The maximum absolute atomic E-state index is 12.0. The van der Waals surface area contributed by atoms with Crippen molar-refractivity contribution in [2.45, 2.75) is 19.8 Å². The highest BCUT2D eigenvalue weighted by Crippen LogP contribution is 2.30. The van der Waals surface area contributed by atoms with Crippen LogP contribution in [-0.4, -0.2) is 17.4 Å². The minimum Gasteiger partial charge on any atom is -0.359 e. The highest BCUT2D eigenvalue weighted by Gasteiger charge is 2.23. The molecule has 0 spiro atoms. The third-order valence-corrected chi connectivity index (χ3v) is 4.60. The van der Waals surface area contributed by atoms with E-state index in [1.54, 1.807) is 11.1 Å². The molecule has 0 saturated carbocycles. The maximum atomic E-state index is 12.0. The largest absolute Gasteiger partial charge is 0.359 e. The molecule has 0 unspecified atom stereocenters. The van der Waals surface area contributed by atoms with Crippen LogP contribution in [0.4, 0.5) is 11.4 Å². The molecule has 0 aliphatic carbocycles. The molecule has 116 valence electrons. The highest BCUT2D eigenvalue weighted by molar-refractivity contribution is 7.10. The summed E-state index contributed by atoms with van der Waals surface area (Å²) in [6, 6.07) is 9.79. The number of nitrogens with one attached hydrogen (secondary N) is 1. The van der Waals surface area contributed by atoms with E-state index in [-0.39, 0.29) is 5.91 Å². The van der Waals surface area contributed by atoms with E-state index in [1.807, 2.05) is 36.6 Å². The smallest absolute Gasteiger partial charge is 0.227 e. The molecule has 2 heterocycles. The second-order valence-electron chi connectivity index (χ2n) is 5.27. The number of thiazole rings is 1. The van der Waals surface area contributed by atoms with Gasteiger partial charge in [-0.25, -0.2) is 4.98 Å². The molecule has 1 aromatic carbocycles. The van der Waals surface area contributed by atoms with E-state index < -0.39 is 0 Å². The van der Waals surface area contributed by atoms with Gasteiger partial charge in [-0.1, -0.05) is 12.1 Å². The summed E-state index contributed by atoms with van der Waals surface area (Å²) in [5.74, 6) is 0.138. The molecule has 1 N–H and O–H groups in total. The lowest BCUT2D eigenvalue weighted by Crippen LogP contribution is -2.24. The molecule has 1 saturated heterocycles. The minimum atomic E-state index is 0.138. The van der Waals surface area contributed by atoms with Crippen molar-refractivity contribution in [3.8, 4) is 6.07 Å². The zero-order chi connectivity index (χ0) is 16.2. The van der Waals surface area contributed by atoms with Crippen LogP contribution < -0.4 is 10.2 Å². The van der Waals surface area contributed by atoms with Crippen LogP contribution in [0.5, 0.6) is 0 Å². The average Bonchev–Trinajstić information content (AvgIpc) is 3.17. The van der Waals surface area contributed by atoms with Crippen LogP contribution in [0.15, 0.2) is 35.8 Å². The van der Waals surface area contributed by atoms with Crippen molar-refractivity contribution in [1.29, 1.82) is 5.26 Å². The van der Waals surface area contributed by atoms with Crippen molar-refractivity contribution >= 4 is 34.2 Å². The predicted octanol–water partition coefficient (Wildman–Crippen LogP) is 3.55. The van der Waals surface area contributed by atoms with Gasteiger partial charge in [0, 0.05) is 30.2 Å². The first kappa shape index (κ1) is 15.3. The number of nitriles is 1. The molecule has 6 heteroatoms. The molecule has 0 radical (unpaired) electrons. The fraction of sp³-hybridized carbons (Fsp3) is 0.235. The fourth-order valence-corrected chi connectivity index (χ4v) is 3.27. The summed E-state index contributed by atoms with van der Waals surface area (Å²) in [4.78, 5) is 18.1. The second-order valence-corrected chi connectivity index (χ2v) is 6.13. The van der Waals surface area contributed by atoms with Crippen LogP contribution in [0.3, 0.4) is 0 Å². The van der Waals surface area contributed by atoms with Gasteiger partial charge in [0.15, 0.2) is 0 Å². The summed E-state index contributed by atoms with van der Waals surface area (Å²) in [7, 11) is 0. The van der Waals surface area contributed by atoms with Gasteiger partial charge < -0.3 is 10.2 Å². The van der Waals surface area contributed by atoms with Crippen LogP contribution in [0.25, 0.3) is 5.57 Å². The minimum absolute atomic E-state index is 0.138. The number of hydrogen-bond donors (Lipinski definition) is 1. The van der Waals surface area contributed by atoms with Gasteiger partial charge >= 0.3 is 0 Å². The van der Waals surface area contributed by atoms with Crippen molar-refractivity contribution in [3.63, 3.8) is 0 Å². The first-order valence-electron chi connectivity index (χ1n) is 7.38. The first-order chi connectivity index (χ1) is 11.2. The Morgan fingerprint density at radius 1 is 1.48 bits per heavy atom. The number of anilines is 2. The van der Waals surface area contributed by atoms with E-state index in [0.717, 1.165) is 30.0 Å². The third-order valence-electron chi connectivity index (χ3n) is 3.61. The van der Waals surface area contributed by atoms with E-state index in [4.69, 9.17) is 0 Å². The average molecular weight is 324 g/mol. The fourth-order valence-electron chi connectivity index (χ4n) is 2.50. The molecular weight excluding hydrogens is 308 g/mol. The highest BCUT2D eigenvalue weighted by atomic mass is 32.1. The number of aromatic nitrogens is 1. The SMILES string of the molecule is Cc1csc(/C(C#N)=C/Nc2ccccc2N2CCCC2=O)n1. The van der Waals surface area contributed by atoms with Crippen LogP contribution in [-0.2, 0) is 4.79 Å². The molecule has 1 aromatic heterocycles. The summed E-state index contributed by atoms with van der Waals surface area (Å²) < 4.78 is 0. The molecular formula is C17H16N4OS. The van der Waals surface area contributed by atoms with E-state index in [2.05, 4.69) is 16.4 Å². The zero-order valence-electron chi connectivity index (χ0n) is 12.7. The Kier molecular flexibility index (Phi) is 4.40.